The zero-order chi connectivity index (χ0) is 17.0. The molecule has 0 fully saturated rings. The maximum atomic E-state index is 12.3. The molecule has 3 nitrogen and oxygen atoms in total. The van der Waals surface area contributed by atoms with Crippen LogP contribution in [0.15, 0.2) is 54.6 Å². The van der Waals surface area contributed by atoms with E-state index in [4.69, 9.17) is 9.47 Å². The number of benzene rings is 2. The first kappa shape index (κ1) is 18.1. The van der Waals surface area contributed by atoms with Crippen LogP contribution in [0.4, 0.5) is 0 Å². The molecule has 0 spiro atoms. The van der Waals surface area contributed by atoms with E-state index in [0.717, 1.165) is 12.8 Å². The quantitative estimate of drug-likeness (QED) is 0.322. The normalized spacial score (nSPS) is 10.4. The molecule has 128 valence electrons. The minimum atomic E-state index is -0.389. The largest absolute Gasteiger partial charge is 0.493 e. The lowest BCUT2D eigenvalue weighted by molar-refractivity contribution is 0.0730. The summed E-state index contributed by atoms with van der Waals surface area (Å²) in [6.45, 7) is 2.84. The highest BCUT2D eigenvalue weighted by atomic mass is 16.5. The zero-order valence-electron chi connectivity index (χ0n) is 14.4. The molecule has 2 aromatic carbocycles. The van der Waals surface area contributed by atoms with Crippen molar-refractivity contribution in [3.05, 3.63) is 60.2 Å². The first-order chi connectivity index (χ1) is 11.8. The Morgan fingerprint density at radius 1 is 0.833 bits per heavy atom. The van der Waals surface area contributed by atoms with Gasteiger partial charge in [0.25, 0.3) is 0 Å². The molecule has 2 aromatic rings. The van der Waals surface area contributed by atoms with Crippen molar-refractivity contribution in [1.29, 1.82) is 0 Å². The second-order valence-electron chi connectivity index (χ2n) is 5.81. The van der Waals surface area contributed by atoms with Crippen LogP contribution < -0.4 is 9.47 Å². The minimum Gasteiger partial charge on any atom is -0.493 e. The van der Waals surface area contributed by atoms with Gasteiger partial charge in [0.1, 0.15) is 17.1 Å². The van der Waals surface area contributed by atoms with Crippen molar-refractivity contribution >= 4 is 5.97 Å². The van der Waals surface area contributed by atoms with Crippen LogP contribution in [0.3, 0.4) is 0 Å². The maximum Gasteiger partial charge on any atom is 0.347 e. The van der Waals surface area contributed by atoms with E-state index >= 15 is 0 Å². The lowest BCUT2D eigenvalue weighted by atomic mass is 10.1. The first-order valence-electron chi connectivity index (χ1n) is 8.80. The Hall–Kier alpha value is -2.29. The van der Waals surface area contributed by atoms with Gasteiger partial charge >= 0.3 is 5.97 Å². The van der Waals surface area contributed by atoms with E-state index < -0.39 is 0 Å². The summed E-state index contributed by atoms with van der Waals surface area (Å²) in [5.74, 6) is 0.736. The Bertz CT molecular complexity index is 607. The zero-order valence-corrected chi connectivity index (χ0v) is 14.4. The third kappa shape index (κ3) is 6.07. The summed E-state index contributed by atoms with van der Waals surface area (Å²) >= 11 is 0. The third-order valence-electron chi connectivity index (χ3n) is 3.82. The molecule has 0 saturated heterocycles. The van der Waals surface area contributed by atoms with Crippen molar-refractivity contribution in [3.8, 4) is 11.5 Å². The SMILES string of the molecule is CCCCCCCCOc1ccccc1C(=O)Oc1ccccc1. The average molecular weight is 326 g/mol. The molecular formula is C21H26O3. The summed E-state index contributed by atoms with van der Waals surface area (Å²) in [4.78, 5) is 12.3. The van der Waals surface area contributed by atoms with Crippen LogP contribution in [-0.4, -0.2) is 12.6 Å². The molecule has 0 saturated carbocycles. The van der Waals surface area contributed by atoms with Gasteiger partial charge in [-0.1, -0.05) is 69.4 Å². The summed E-state index contributed by atoms with van der Waals surface area (Å²) in [6, 6.07) is 16.3. The number of unbranched alkanes of at least 4 members (excludes halogenated alkanes) is 5. The molecule has 2 rings (SSSR count). The molecule has 0 aliphatic heterocycles. The Morgan fingerprint density at radius 3 is 2.29 bits per heavy atom. The van der Waals surface area contributed by atoms with Crippen LogP contribution in [0.25, 0.3) is 0 Å². The molecule has 3 heteroatoms. The van der Waals surface area contributed by atoms with Crippen molar-refractivity contribution in [2.75, 3.05) is 6.61 Å². The minimum absolute atomic E-state index is 0.389. The number of hydrogen-bond acceptors (Lipinski definition) is 3. The smallest absolute Gasteiger partial charge is 0.347 e. The number of rotatable bonds is 10. The van der Waals surface area contributed by atoms with E-state index in [1.807, 2.05) is 36.4 Å². The number of esters is 1. The van der Waals surface area contributed by atoms with E-state index in [1.165, 1.54) is 25.7 Å². The fourth-order valence-electron chi connectivity index (χ4n) is 2.48. The van der Waals surface area contributed by atoms with Crippen molar-refractivity contribution in [2.24, 2.45) is 0 Å². The van der Waals surface area contributed by atoms with Gasteiger partial charge in [-0.05, 0) is 30.7 Å². The molecular weight excluding hydrogens is 300 g/mol. The van der Waals surface area contributed by atoms with E-state index in [2.05, 4.69) is 6.92 Å². The summed E-state index contributed by atoms with van der Waals surface area (Å²) < 4.78 is 11.2. The van der Waals surface area contributed by atoms with Gasteiger partial charge in [0.05, 0.1) is 6.61 Å². The van der Waals surface area contributed by atoms with Gasteiger partial charge in [-0.3, -0.25) is 0 Å². The van der Waals surface area contributed by atoms with Crippen LogP contribution in [0, 0.1) is 0 Å². The molecule has 0 aliphatic rings. The van der Waals surface area contributed by atoms with Gasteiger partial charge in [0, 0.05) is 0 Å². The van der Waals surface area contributed by atoms with E-state index in [9.17, 15) is 4.79 Å². The number of carbonyl (C=O) groups is 1. The number of ether oxygens (including phenoxy) is 2. The van der Waals surface area contributed by atoms with E-state index in [1.54, 1.807) is 18.2 Å². The second kappa shape index (κ2) is 10.5. The lowest BCUT2D eigenvalue weighted by Crippen LogP contribution is -2.11. The molecule has 0 amide bonds. The topological polar surface area (TPSA) is 35.5 Å². The Morgan fingerprint density at radius 2 is 1.50 bits per heavy atom. The van der Waals surface area contributed by atoms with Crippen LogP contribution in [-0.2, 0) is 0 Å². The Balaban J connectivity index is 1.84. The number of carbonyl (C=O) groups excluding carboxylic acids is 1. The summed E-state index contributed by atoms with van der Waals surface area (Å²) in [5, 5.41) is 0. The van der Waals surface area contributed by atoms with Crippen LogP contribution >= 0.6 is 0 Å². The van der Waals surface area contributed by atoms with Gasteiger partial charge < -0.3 is 9.47 Å². The Kier molecular flexibility index (Phi) is 7.88. The van der Waals surface area contributed by atoms with Crippen LogP contribution in [0.2, 0.25) is 0 Å². The predicted octanol–water partition coefficient (Wildman–Crippen LogP) is 5.65. The molecule has 0 bridgehead atoms. The molecule has 0 heterocycles. The molecule has 0 aliphatic carbocycles. The third-order valence-corrected chi connectivity index (χ3v) is 3.82. The molecule has 0 radical (unpaired) electrons. The highest BCUT2D eigenvalue weighted by Crippen LogP contribution is 2.21. The molecule has 0 N–H and O–H groups in total. The number of hydrogen-bond donors (Lipinski definition) is 0. The second-order valence-corrected chi connectivity index (χ2v) is 5.81. The summed E-state index contributed by atoms with van der Waals surface area (Å²) in [5.41, 5.74) is 0.465. The maximum absolute atomic E-state index is 12.3. The molecule has 24 heavy (non-hydrogen) atoms. The number of para-hydroxylation sites is 2. The standard InChI is InChI=1S/C21H26O3/c1-2-3-4-5-6-12-17-23-20-16-11-10-15-19(20)21(22)24-18-13-8-7-9-14-18/h7-11,13-16H,2-6,12,17H2,1H3. The van der Waals surface area contributed by atoms with Crippen LogP contribution in [0.1, 0.15) is 55.8 Å². The van der Waals surface area contributed by atoms with Gasteiger partial charge in [-0.15, -0.1) is 0 Å². The van der Waals surface area contributed by atoms with Gasteiger partial charge in [0.2, 0.25) is 0 Å². The molecule has 0 unspecified atom stereocenters. The van der Waals surface area contributed by atoms with Crippen LogP contribution in [0.5, 0.6) is 11.5 Å². The monoisotopic (exact) mass is 326 g/mol. The van der Waals surface area contributed by atoms with Gasteiger partial charge in [0.15, 0.2) is 0 Å². The van der Waals surface area contributed by atoms with Crippen molar-refractivity contribution in [1.82, 2.24) is 0 Å². The highest BCUT2D eigenvalue weighted by Gasteiger charge is 2.14. The summed E-state index contributed by atoms with van der Waals surface area (Å²) in [6.07, 6.45) is 7.26. The van der Waals surface area contributed by atoms with E-state index in [0.29, 0.717) is 23.7 Å². The lowest BCUT2D eigenvalue weighted by Gasteiger charge is -2.11. The van der Waals surface area contributed by atoms with Gasteiger partial charge in [-0.25, -0.2) is 4.79 Å². The van der Waals surface area contributed by atoms with Crippen molar-refractivity contribution < 1.29 is 14.3 Å². The van der Waals surface area contributed by atoms with Crippen molar-refractivity contribution in [2.45, 2.75) is 45.4 Å². The van der Waals surface area contributed by atoms with E-state index in [-0.39, 0.29) is 5.97 Å². The molecule has 0 aromatic heterocycles. The molecule has 0 atom stereocenters. The first-order valence-corrected chi connectivity index (χ1v) is 8.80. The fraction of sp³-hybridized carbons (Fsp3) is 0.381. The predicted molar refractivity (Wildman–Crippen MR) is 96.7 cm³/mol. The highest BCUT2D eigenvalue weighted by molar-refractivity contribution is 5.93. The fourth-order valence-corrected chi connectivity index (χ4v) is 2.48. The van der Waals surface area contributed by atoms with Crippen molar-refractivity contribution in [3.63, 3.8) is 0 Å². The Labute approximate surface area is 144 Å². The van der Waals surface area contributed by atoms with Gasteiger partial charge in [-0.2, -0.15) is 0 Å². The average Bonchev–Trinajstić information content (AvgIpc) is 2.62. The summed E-state index contributed by atoms with van der Waals surface area (Å²) in [7, 11) is 0.